The van der Waals surface area contributed by atoms with Crippen molar-refractivity contribution in [1.82, 2.24) is 9.80 Å². The average Bonchev–Trinajstić information content (AvgIpc) is 2.27. The zero-order valence-electron chi connectivity index (χ0n) is 13.0. The van der Waals surface area contributed by atoms with Crippen molar-refractivity contribution in [2.75, 3.05) is 45.9 Å². The van der Waals surface area contributed by atoms with Gasteiger partial charge in [-0.25, -0.2) is 0 Å². The molecule has 18 heavy (non-hydrogen) atoms. The van der Waals surface area contributed by atoms with Crippen LogP contribution in [0.2, 0.25) is 0 Å². The van der Waals surface area contributed by atoms with Crippen LogP contribution in [-0.4, -0.2) is 61.3 Å². The largest absolute Gasteiger partial charge is 0.380 e. The van der Waals surface area contributed by atoms with E-state index >= 15 is 0 Å². The van der Waals surface area contributed by atoms with Crippen molar-refractivity contribution in [3.8, 4) is 0 Å². The van der Waals surface area contributed by atoms with Crippen LogP contribution in [0.1, 0.15) is 41.0 Å². The molecule has 0 saturated carbocycles. The van der Waals surface area contributed by atoms with Crippen LogP contribution in [0.3, 0.4) is 0 Å². The van der Waals surface area contributed by atoms with Crippen molar-refractivity contribution in [2.24, 2.45) is 5.92 Å². The van der Waals surface area contributed by atoms with Gasteiger partial charge in [0.05, 0.1) is 6.61 Å². The van der Waals surface area contributed by atoms with Crippen LogP contribution in [0.15, 0.2) is 0 Å². The first-order chi connectivity index (χ1) is 8.39. The van der Waals surface area contributed by atoms with Crippen LogP contribution < -0.4 is 0 Å². The molecule has 0 amide bonds. The fourth-order valence-electron chi connectivity index (χ4n) is 2.26. The van der Waals surface area contributed by atoms with E-state index in [-0.39, 0.29) is 0 Å². The SMILES string of the molecule is CC(C)CCOCCN1CCN(C(C)(C)C)CC1. The maximum atomic E-state index is 5.69. The fraction of sp³-hybridized carbons (Fsp3) is 1.00. The van der Waals surface area contributed by atoms with Crippen LogP contribution in [0.25, 0.3) is 0 Å². The Kier molecular flexibility index (Phi) is 6.61. The summed E-state index contributed by atoms with van der Waals surface area (Å²) in [6, 6.07) is 0. The summed E-state index contributed by atoms with van der Waals surface area (Å²) >= 11 is 0. The van der Waals surface area contributed by atoms with Crippen molar-refractivity contribution >= 4 is 0 Å². The maximum Gasteiger partial charge on any atom is 0.0593 e. The summed E-state index contributed by atoms with van der Waals surface area (Å²) in [5.41, 5.74) is 0.319. The van der Waals surface area contributed by atoms with Gasteiger partial charge in [0.15, 0.2) is 0 Å². The van der Waals surface area contributed by atoms with Crippen LogP contribution in [0.5, 0.6) is 0 Å². The summed E-state index contributed by atoms with van der Waals surface area (Å²) in [6.07, 6.45) is 1.18. The van der Waals surface area contributed by atoms with Gasteiger partial charge < -0.3 is 4.74 Å². The Morgan fingerprint density at radius 2 is 1.61 bits per heavy atom. The van der Waals surface area contributed by atoms with Crippen molar-refractivity contribution in [1.29, 1.82) is 0 Å². The highest BCUT2D eigenvalue weighted by molar-refractivity contribution is 4.81. The predicted molar refractivity (Wildman–Crippen MR) is 78.0 cm³/mol. The zero-order chi connectivity index (χ0) is 13.6. The van der Waals surface area contributed by atoms with E-state index < -0.39 is 0 Å². The van der Waals surface area contributed by atoms with Crippen molar-refractivity contribution < 1.29 is 4.74 Å². The molecule has 0 aromatic heterocycles. The summed E-state index contributed by atoms with van der Waals surface area (Å²) < 4.78 is 5.69. The molecule has 1 rings (SSSR count). The quantitative estimate of drug-likeness (QED) is 0.679. The topological polar surface area (TPSA) is 15.7 Å². The normalized spacial score (nSPS) is 19.7. The van der Waals surface area contributed by atoms with Gasteiger partial charge >= 0.3 is 0 Å². The minimum atomic E-state index is 0.319. The minimum Gasteiger partial charge on any atom is -0.380 e. The lowest BCUT2D eigenvalue weighted by Crippen LogP contribution is -2.53. The van der Waals surface area contributed by atoms with Gasteiger partial charge in [-0.15, -0.1) is 0 Å². The van der Waals surface area contributed by atoms with E-state index in [0.717, 1.165) is 25.7 Å². The monoisotopic (exact) mass is 256 g/mol. The van der Waals surface area contributed by atoms with E-state index in [9.17, 15) is 0 Å². The van der Waals surface area contributed by atoms with Crippen LogP contribution in [0.4, 0.5) is 0 Å². The summed E-state index contributed by atoms with van der Waals surface area (Å²) in [4.78, 5) is 5.10. The first kappa shape index (κ1) is 15.9. The predicted octanol–water partition coefficient (Wildman–Crippen LogP) is 2.47. The summed E-state index contributed by atoms with van der Waals surface area (Å²) in [5.74, 6) is 0.750. The number of nitrogens with zero attached hydrogens (tertiary/aromatic N) is 2. The smallest absolute Gasteiger partial charge is 0.0593 e. The van der Waals surface area contributed by atoms with Gasteiger partial charge in [0.2, 0.25) is 0 Å². The van der Waals surface area contributed by atoms with E-state index in [1.165, 1.54) is 32.6 Å². The molecule has 0 bridgehead atoms. The second-order valence-electron chi connectivity index (χ2n) is 6.79. The Morgan fingerprint density at radius 1 is 1.00 bits per heavy atom. The zero-order valence-corrected chi connectivity index (χ0v) is 13.0. The van der Waals surface area contributed by atoms with E-state index in [0.29, 0.717) is 5.54 Å². The highest BCUT2D eigenvalue weighted by Gasteiger charge is 2.25. The third-order valence-electron chi connectivity index (χ3n) is 3.71. The van der Waals surface area contributed by atoms with E-state index in [1.54, 1.807) is 0 Å². The van der Waals surface area contributed by atoms with E-state index in [4.69, 9.17) is 4.74 Å². The maximum absolute atomic E-state index is 5.69. The molecule has 0 aliphatic carbocycles. The van der Waals surface area contributed by atoms with Crippen LogP contribution in [0, 0.1) is 5.92 Å². The van der Waals surface area contributed by atoms with Crippen LogP contribution >= 0.6 is 0 Å². The molecular weight excluding hydrogens is 224 g/mol. The number of hydrogen-bond donors (Lipinski definition) is 0. The first-order valence-electron chi connectivity index (χ1n) is 7.45. The third kappa shape index (κ3) is 6.17. The second kappa shape index (κ2) is 7.46. The van der Waals surface area contributed by atoms with Gasteiger partial charge in [-0.05, 0) is 33.1 Å². The molecule has 108 valence electrons. The van der Waals surface area contributed by atoms with Crippen LogP contribution in [-0.2, 0) is 4.74 Å². The number of rotatable bonds is 6. The molecule has 1 heterocycles. The van der Waals surface area contributed by atoms with Crippen molar-refractivity contribution in [2.45, 2.75) is 46.6 Å². The molecule has 1 fully saturated rings. The summed E-state index contributed by atoms with van der Waals surface area (Å²) in [5, 5.41) is 0. The molecule has 0 aromatic rings. The van der Waals surface area contributed by atoms with Gasteiger partial charge in [-0.2, -0.15) is 0 Å². The second-order valence-corrected chi connectivity index (χ2v) is 6.79. The Balaban J connectivity index is 2.06. The standard InChI is InChI=1S/C15H32N2O/c1-14(2)6-12-18-13-11-16-7-9-17(10-8-16)15(3,4)5/h14H,6-13H2,1-5H3. The Bertz CT molecular complexity index is 215. The highest BCUT2D eigenvalue weighted by Crippen LogP contribution is 2.15. The van der Waals surface area contributed by atoms with Gasteiger partial charge in [-0.3, -0.25) is 9.80 Å². The van der Waals surface area contributed by atoms with Crippen molar-refractivity contribution in [3.05, 3.63) is 0 Å². The molecule has 0 spiro atoms. The molecular formula is C15H32N2O. The van der Waals surface area contributed by atoms with Gasteiger partial charge in [0.1, 0.15) is 0 Å². The van der Waals surface area contributed by atoms with Gasteiger partial charge in [-0.1, -0.05) is 13.8 Å². The molecule has 0 unspecified atom stereocenters. The molecule has 1 aliphatic rings. The molecule has 0 N–H and O–H groups in total. The summed E-state index contributed by atoms with van der Waals surface area (Å²) in [7, 11) is 0. The van der Waals surface area contributed by atoms with E-state index in [2.05, 4.69) is 44.4 Å². The molecule has 3 heteroatoms. The fourth-order valence-corrected chi connectivity index (χ4v) is 2.26. The lowest BCUT2D eigenvalue weighted by molar-refractivity contribution is 0.0401. The molecule has 0 atom stereocenters. The molecule has 0 radical (unpaired) electrons. The first-order valence-corrected chi connectivity index (χ1v) is 7.45. The average molecular weight is 256 g/mol. The highest BCUT2D eigenvalue weighted by atomic mass is 16.5. The third-order valence-corrected chi connectivity index (χ3v) is 3.71. The van der Waals surface area contributed by atoms with Crippen molar-refractivity contribution in [3.63, 3.8) is 0 Å². The van der Waals surface area contributed by atoms with E-state index in [1.807, 2.05) is 0 Å². The molecule has 1 saturated heterocycles. The molecule has 1 aliphatic heterocycles. The molecule has 0 aromatic carbocycles. The Labute approximate surface area is 113 Å². The number of ether oxygens (including phenoxy) is 1. The lowest BCUT2D eigenvalue weighted by Gasteiger charge is -2.42. The number of hydrogen-bond acceptors (Lipinski definition) is 3. The summed E-state index contributed by atoms with van der Waals surface area (Å²) in [6.45, 7) is 19.1. The minimum absolute atomic E-state index is 0.319. The Hall–Kier alpha value is -0.120. The van der Waals surface area contributed by atoms with Gasteiger partial charge in [0.25, 0.3) is 0 Å². The Morgan fingerprint density at radius 3 is 2.11 bits per heavy atom. The molecule has 3 nitrogen and oxygen atoms in total. The lowest BCUT2D eigenvalue weighted by atomic mass is 10.1. The van der Waals surface area contributed by atoms with Gasteiger partial charge in [0, 0.05) is 44.9 Å². The number of piperazine rings is 1.